The first-order valence-electron chi connectivity index (χ1n) is 5.98. The monoisotopic (exact) mass is 235 g/mol. The lowest BCUT2D eigenvalue weighted by Gasteiger charge is -2.31. The second kappa shape index (κ2) is 6.23. The van der Waals surface area contributed by atoms with Crippen molar-refractivity contribution in [2.75, 3.05) is 13.6 Å². The Morgan fingerprint density at radius 3 is 2.71 bits per heavy atom. The Kier molecular flexibility index (Phi) is 4.94. The van der Waals surface area contributed by atoms with Gasteiger partial charge in [-0.1, -0.05) is 19.9 Å². The van der Waals surface area contributed by atoms with E-state index in [1.165, 1.54) is 0 Å². The van der Waals surface area contributed by atoms with Gasteiger partial charge in [0.25, 0.3) is 0 Å². The molecule has 2 amide bonds. The molecule has 0 aliphatic heterocycles. The molecule has 1 atom stereocenters. The summed E-state index contributed by atoms with van der Waals surface area (Å²) in [5, 5.41) is 2.82. The summed E-state index contributed by atoms with van der Waals surface area (Å²) in [4.78, 5) is 17.7. The van der Waals surface area contributed by atoms with Crippen LogP contribution >= 0.6 is 0 Å². The van der Waals surface area contributed by atoms with Crippen LogP contribution in [-0.4, -0.2) is 29.5 Å². The summed E-state index contributed by atoms with van der Waals surface area (Å²) >= 11 is 0. The van der Waals surface area contributed by atoms with E-state index in [4.69, 9.17) is 0 Å². The lowest BCUT2D eigenvalue weighted by Crippen LogP contribution is -2.41. The molecule has 0 bridgehead atoms. The van der Waals surface area contributed by atoms with E-state index in [1.807, 2.05) is 32.3 Å². The Balaban J connectivity index is 2.90. The van der Waals surface area contributed by atoms with E-state index in [2.05, 4.69) is 24.1 Å². The molecular formula is C13H21N3O. The summed E-state index contributed by atoms with van der Waals surface area (Å²) in [6, 6.07) is 3.91. The lowest BCUT2D eigenvalue weighted by molar-refractivity contribution is 0.174. The van der Waals surface area contributed by atoms with E-state index in [0.29, 0.717) is 12.5 Å². The van der Waals surface area contributed by atoms with Crippen LogP contribution in [0.4, 0.5) is 4.79 Å². The first kappa shape index (κ1) is 13.5. The summed E-state index contributed by atoms with van der Waals surface area (Å²) in [5.74, 6) is 0.340. The first-order valence-corrected chi connectivity index (χ1v) is 5.98. The molecule has 0 saturated heterocycles. The topological polar surface area (TPSA) is 45.2 Å². The van der Waals surface area contributed by atoms with Crippen molar-refractivity contribution in [1.82, 2.24) is 15.2 Å². The molecule has 4 nitrogen and oxygen atoms in total. The van der Waals surface area contributed by atoms with E-state index >= 15 is 0 Å². The molecule has 0 aliphatic carbocycles. The minimum Gasteiger partial charge on any atom is -0.338 e. The molecule has 0 aliphatic rings. The largest absolute Gasteiger partial charge is 0.338 e. The molecule has 94 valence electrons. The summed E-state index contributed by atoms with van der Waals surface area (Å²) in [6.45, 7) is 6.77. The van der Waals surface area contributed by atoms with Crippen LogP contribution in [0.15, 0.2) is 24.5 Å². The Labute approximate surface area is 103 Å². The third kappa shape index (κ3) is 3.44. The number of carbonyl (C=O) groups excluding carboxylic acids is 1. The Morgan fingerprint density at radius 1 is 1.53 bits per heavy atom. The quantitative estimate of drug-likeness (QED) is 0.871. The highest BCUT2D eigenvalue weighted by molar-refractivity contribution is 5.74. The number of aromatic nitrogens is 1. The van der Waals surface area contributed by atoms with E-state index in [-0.39, 0.29) is 12.1 Å². The third-order valence-electron chi connectivity index (χ3n) is 2.72. The van der Waals surface area contributed by atoms with Gasteiger partial charge in [-0.05, 0) is 24.5 Å². The summed E-state index contributed by atoms with van der Waals surface area (Å²) in [7, 11) is 1.82. The lowest BCUT2D eigenvalue weighted by atomic mass is 9.96. The highest BCUT2D eigenvalue weighted by Gasteiger charge is 2.24. The van der Waals surface area contributed by atoms with Crippen LogP contribution in [0.5, 0.6) is 0 Å². The van der Waals surface area contributed by atoms with Crippen molar-refractivity contribution in [3.8, 4) is 0 Å². The molecule has 17 heavy (non-hydrogen) atoms. The fourth-order valence-electron chi connectivity index (χ4n) is 2.01. The molecular weight excluding hydrogens is 214 g/mol. The van der Waals surface area contributed by atoms with Crippen molar-refractivity contribution in [2.24, 2.45) is 5.92 Å². The van der Waals surface area contributed by atoms with Crippen LogP contribution < -0.4 is 5.32 Å². The van der Waals surface area contributed by atoms with Crippen molar-refractivity contribution in [2.45, 2.75) is 26.8 Å². The van der Waals surface area contributed by atoms with Gasteiger partial charge in [0.2, 0.25) is 0 Å². The average molecular weight is 235 g/mol. The van der Waals surface area contributed by atoms with Gasteiger partial charge in [-0.15, -0.1) is 0 Å². The van der Waals surface area contributed by atoms with Crippen LogP contribution in [0, 0.1) is 5.92 Å². The number of hydrogen-bond donors (Lipinski definition) is 1. The van der Waals surface area contributed by atoms with Gasteiger partial charge in [0, 0.05) is 26.0 Å². The second-order valence-corrected chi connectivity index (χ2v) is 4.42. The van der Waals surface area contributed by atoms with Crippen molar-refractivity contribution in [3.05, 3.63) is 30.1 Å². The minimum absolute atomic E-state index is 0.0462. The molecule has 0 fully saturated rings. The van der Waals surface area contributed by atoms with E-state index in [9.17, 15) is 4.79 Å². The predicted molar refractivity (Wildman–Crippen MR) is 68.7 cm³/mol. The number of rotatable bonds is 4. The zero-order valence-electron chi connectivity index (χ0n) is 11.0. The van der Waals surface area contributed by atoms with Crippen molar-refractivity contribution in [1.29, 1.82) is 0 Å². The number of amides is 2. The van der Waals surface area contributed by atoms with E-state index in [0.717, 1.165) is 5.56 Å². The standard InChI is InChI=1S/C13H21N3O/c1-5-15-13(17)16(4)12(10(2)3)11-7-6-8-14-9-11/h6-10,12H,5H2,1-4H3,(H,15,17)/t12-/m0/s1. The first-order chi connectivity index (χ1) is 8.07. The number of hydrogen-bond acceptors (Lipinski definition) is 2. The second-order valence-electron chi connectivity index (χ2n) is 4.42. The number of nitrogens with zero attached hydrogens (tertiary/aromatic N) is 2. The molecule has 1 heterocycles. The van der Waals surface area contributed by atoms with E-state index < -0.39 is 0 Å². The molecule has 1 rings (SSSR count). The van der Waals surface area contributed by atoms with Gasteiger partial charge in [-0.25, -0.2) is 4.79 Å². The number of carbonyl (C=O) groups is 1. The molecule has 0 unspecified atom stereocenters. The van der Waals surface area contributed by atoms with Crippen LogP contribution in [0.2, 0.25) is 0 Å². The predicted octanol–water partition coefficient (Wildman–Crippen LogP) is 2.44. The molecule has 0 radical (unpaired) electrons. The molecule has 0 saturated carbocycles. The fraction of sp³-hybridized carbons (Fsp3) is 0.538. The fourth-order valence-corrected chi connectivity index (χ4v) is 2.01. The van der Waals surface area contributed by atoms with Crippen LogP contribution in [-0.2, 0) is 0 Å². The highest BCUT2D eigenvalue weighted by Crippen LogP contribution is 2.26. The summed E-state index contributed by atoms with van der Waals surface area (Å²) in [6.07, 6.45) is 3.56. The SMILES string of the molecule is CCNC(=O)N(C)[C@H](c1cccnc1)C(C)C. The zero-order chi connectivity index (χ0) is 12.8. The normalized spacial score (nSPS) is 12.3. The van der Waals surface area contributed by atoms with Gasteiger partial charge in [0.15, 0.2) is 0 Å². The number of urea groups is 1. The van der Waals surface area contributed by atoms with Gasteiger partial charge in [0.1, 0.15) is 0 Å². The Morgan fingerprint density at radius 2 is 2.24 bits per heavy atom. The van der Waals surface area contributed by atoms with Crippen molar-refractivity contribution in [3.63, 3.8) is 0 Å². The maximum atomic E-state index is 11.9. The minimum atomic E-state index is -0.0462. The Bertz CT molecular complexity index is 351. The molecule has 4 heteroatoms. The van der Waals surface area contributed by atoms with E-state index in [1.54, 1.807) is 11.1 Å². The van der Waals surface area contributed by atoms with Gasteiger partial charge in [-0.2, -0.15) is 0 Å². The summed E-state index contributed by atoms with van der Waals surface area (Å²) in [5.41, 5.74) is 1.07. The van der Waals surface area contributed by atoms with Crippen LogP contribution in [0.25, 0.3) is 0 Å². The Hall–Kier alpha value is -1.58. The zero-order valence-corrected chi connectivity index (χ0v) is 11.0. The van der Waals surface area contributed by atoms with Gasteiger partial charge >= 0.3 is 6.03 Å². The van der Waals surface area contributed by atoms with Crippen molar-refractivity contribution >= 4 is 6.03 Å². The van der Waals surface area contributed by atoms with Gasteiger partial charge in [0.05, 0.1) is 6.04 Å². The molecule has 1 aromatic heterocycles. The van der Waals surface area contributed by atoms with Gasteiger partial charge in [-0.3, -0.25) is 4.98 Å². The van der Waals surface area contributed by atoms with Crippen LogP contribution in [0.1, 0.15) is 32.4 Å². The highest BCUT2D eigenvalue weighted by atomic mass is 16.2. The number of nitrogens with one attached hydrogen (secondary N) is 1. The number of pyridine rings is 1. The smallest absolute Gasteiger partial charge is 0.317 e. The van der Waals surface area contributed by atoms with Crippen LogP contribution in [0.3, 0.4) is 0 Å². The summed E-state index contributed by atoms with van der Waals surface area (Å²) < 4.78 is 0. The molecule has 0 aromatic carbocycles. The molecule has 0 spiro atoms. The van der Waals surface area contributed by atoms with Gasteiger partial charge < -0.3 is 10.2 Å². The molecule has 1 aromatic rings. The molecule has 1 N–H and O–H groups in total. The van der Waals surface area contributed by atoms with Crippen molar-refractivity contribution < 1.29 is 4.79 Å². The maximum Gasteiger partial charge on any atom is 0.317 e. The maximum absolute atomic E-state index is 11.9. The average Bonchev–Trinajstić information content (AvgIpc) is 2.30. The third-order valence-corrected chi connectivity index (χ3v) is 2.72.